The third-order valence-corrected chi connectivity index (χ3v) is 9.00. The maximum atomic E-state index is 12.8. The van der Waals surface area contributed by atoms with Gasteiger partial charge in [0.05, 0.1) is 10.6 Å². The summed E-state index contributed by atoms with van der Waals surface area (Å²) in [6, 6.07) is 6.25. The minimum Gasteiger partial charge on any atom is -0.298 e. The lowest BCUT2D eigenvalue weighted by Gasteiger charge is -2.23. The van der Waals surface area contributed by atoms with Crippen LogP contribution in [0.4, 0.5) is 5.13 Å². The van der Waals surface area contributed by atoms with Gasteiger partial charge < -0.3 is 0 Å². The first kappa shape index (κ1) is 20.5. The van der Waals surface area contributed by atoms with Gasteiger partial charge in [-0.2, -0.15) is 4.31 Å². The third kappa shape index (κ3) is 4.25. The predicted octanol–water partition coefficient (Wildman–Crippen LogP) is 4.08. The Bertz CT molecular complexity index is 993. The molecule has 2 aliphatic rings. The minimum absolute atomic E-state index is 0.0710. The molecule has 1 heterocycles. The Kier molecular flexibility index (Phi) is 5.77. The molecular weight excluding hydrogens is 406 g/mol. The summed E-state index contributed by atoms with van der Waals surface area (Å²) in [7, 11) is -1.89. The number of anilines is 1. The Morgan fingerprint density at radius 1 is 1.17 bits per heavy atom. The van der Waals surface area contributed by atoms with Crippen LogP contribution in [0.3, 0.4) is 0 Å². The van der Waals surface area contributed by atoms with Crippen LogP contribution in [0.5, 0.6) is 0 Å². The zero-order valence-electron chi connectivity index (χ0n) is 16.8. The normalized spacial score (nSPS) is 20.0. The number of aromatic nitrogens is 1. The molecule has 1 unspecified atom stereocenters. The zero-order valence-corrected chi connectivity index (χ0v) is 18.5. The highest BCUT2D eigenvalue weighted by Gasteiger charge is 2.30. The number of aryl methyl sites for hydroxylation is 1. The number of sulfonamides is 1. The van der Waals surface area contributed by atoms with Crippen molar-refractivity contribution in [3.8, 4) is 0 Å². The van der Waals surface area contributed by atoms with Gasteiger partial charge >= 0.3 is 0 Å². The standard InChI is InChI=1S/C21H27N3O3S2/c1-14-7-12-18-19(13-14)28-21(22-18)23-20(25)15-8-10-17(11-9-15)29(26,27)24(2)16-5-3-4-6-16/h8-11,14,16H,3-7,12-13H2,1-2H3,(H,22,23,25). The number of fused-ring (bicyclic) bond motifs is 1. The molecule has 1 amide bonds. The van der Waals surface area contributed by atoms with Gasteiger partial charge in [0.1, 0.15) is 0 Å². The smallest absolute Gasteiger partial charge is 0.257 e. The summed E-state index contributed by atoms with van der Waals surface area (Å²) in [5.74, 6) is 0.389. The van der Waals surface area contributed by atoms with E-state index in [1.54, 1.807) is 30.5 Å². The lowest BCUT2D eigenvalue weighted by molar-refractivity contribution is 0.102. The van der Waals surface area contributed by atoms with Crippen molar-refractivity contribution in [2.75, 3.05) is 12.4 Å². The van der Waals surface area contributed by atoms with E-state index < -0.39 is 10.0 Å². The second-order valence-electron chi connectivity index (χ2n) is 8.17. The highest BCUT2D eigenvalue weighted by Crippen LogP contribution is 2.32. The number of benzene rings is 1. The van der Waals surface area contributed by atoms with Gasteiger partial charge in [-0.05, 0) is 62.3 Å². The second-order valence-corrected chi connectivity index (χ2v) is 11.3. The molecule has 0 saturated heterocycles. The van der Waals surface area contributed by atoms with Crippen molar-refractivity contribution >= 4 is 32.4 Å². The van der Waals surface area contributed by atoms with Crippen molar-refractivity contribution in [3.05, 3.63) is 40.4 Å². The predicted molar refractivity (Wildman–Crippen MR) is 115 cm³/mol. The number of rotatable bonds is 5. The summed E-state index contributed by atoms with van der Waals surface area (Å²) >= 11 is 1.54. The van der Waals surface area contributed by atoms with E-state index in [1.165, 1.54) is 21.3 Å². The molecule has 1 saturated carbocycles. The van der Waals surface area contributed by atoms with Crippen LogP contribution in [-0.2, 0) is 22.9 Å². The molecule has 156 valence electrons. The number of carbonyl (C=O) groups is 1. The van der Waals surface area contributed by atoms with Crippen molar-refractivity contribution in [1.82, 2.24) is 9.29 Å². The fraction of sp³-hybridized carbons (Fsp3) is 0.524. The van der Waals surface area contributed by atoms with Crippen LogP contribution in [0.15, 0.2) is 29.2 Å². The number of nitrogens with one attached hydrogen (secondary N) is 1. The number of thiazole rings is 1. The van der Waals surface area contributed by atoms with Gasteiger partial charge in [0.25, 0.3) is 5.91 Å². The summed E-state index contributed by atoms with van der Waals surface area (Å²) in [4.78, 5) is 18.6. The lowest BCUT2D eigenvalue weighted by Crippen LogP contribution is -2.35. The molecule has 2 aromatic rings. The summed E-state index contributed by atoms with van der Waals surface area (Å²) < 4.78 is 27.2. The van der Waals surface area contributed by atoms with Crippen LogP contribution in [0.2, 0.25) is 0 Å². The van der Waals surface area contributed by atoms with Crippen molar-refractivity contribution in [3.63, 3.8) is 0 Å². The van der Waals surface area contributed by atoms with Crippen LogP contribution < -0.4 is 5.32 Å². The van der Waals surface area contributed by atoms with Gasteiger partial charge in [0, 0.05) is 23.5 Å². The Morgan fingerprint density at radius 3 is 2.55 bits per heavy atom. The van der Waals surface area contributed by atoms with Gasteiger partial charge in [-0.3, -0.25) is 10.1 Å². The molecule has 0 bridgehead atoms. The van der Waals surface area contributed by atoms with E-state index in [-0.39, 0.29) is 16.8 Å². The number of carbonyl (C=O) groups excluding carboxylic acids is 1. The Labute approximate surface area is 176 Å². The average Bonchev–Trinajstić information content (AvgIpc) is 3.36. The zero-order chi connectivity index (χ0) is 20.6. The van der Waals surface area contributed by atoms with Gasteiger partial charge in [0.15, 0.2) is 5.13 Å². The molecule has 1 aromatic carbocycles. The molecule has 1 aromatic heterocycles. The summed E-state index contributed by atoms with van der Waals surface area (Å²) in [6.45, 7) is 2.24. The molecule has 0 radical (unpaired) electrons. The van der Waals surface area contributed by atoms with Crippen LogP contribution >= 0.6 is 11.3 Å². The molecule has 4 rings (SSSR count). The van der Waals surface area contributed by atoms with Crippen molar-refractivity contribution in [2.24, 2.45) is 5.92 Å². The third-order valence-electron chi connectivity index (χ3n) is 6.04. The first-order chi connectivity index (χ1) is 13.8. The van der Waals surface area contributed by atoms with Crippen molar-refractivity contribution < 1.29 is 13.2 Å². The van der Waals surface area contributed by atoms with E-state index in [1.807, 2.05) is 0 Å². The minimum atomic E-state index is -3.54. The SMILES string of the molecule is CC1CCc2nc(NC(=O)c3ccc(S(=O)(=O)N(C)C4CCCC4)cc3)sc2C1. The first-order valence-corrected chi connectivity index (χ1v) is 12.5. The number of nitrogens with zero attached hydrogens (tertiary/aromatic N) is 2. The Hall–Kier alpha value is -1.77. The fourth-order valence-corrected chi connectivity index (χ4v) is 6.75. The average molecular weight is 434 g/mol. The van der Waals surface area contributed by atoms with Crippen LogP contribution in [0, 0.1) is 5.92 Å². The molecule has 1 N–H and O–H groups in total. The largest absolute Gasteiger partial charge is 0.298 e. The quantitative estimate of drug-likeness (QED) is 0.770. The molecule has 0 spiro atoms. The van der Waals surface area contributed by atoms with E-state index in [2.05, 4.69) is 17.2 Å². The molecule has 2 aliphatic carbocycles. The summed E-state index contributed by atoms with van der Waals surface area (Å²) in [6.07, 6.45) is 7.08. The second kappa shape index (κ2) is 8.16. The fourth-order valence-electron chi connectivity index (χ4n) is 4.17. The van der Waals surface area contributed by atoms with E-state index in [0.29, 0.717) is 16.6 Å². The molecule has 8 heteroatoms. The molecule has 29 heavy (non-hydrogen) atoms. The van der Waals surface area contributed by atoms with Gasteiger partial charge in [0.2, 0.25) is 10.0 Å². The van der Waals surface area contributed by atoms with Gasteiger partial charge in [-0.15, -0.1) is 11.3 Å². The summed E-state index contributed by atoms with van der Waals surface area (Å²) in [5.41, 5.74) is 1.52. The maximum Gasteiger partial charge on any atom is 0.257 e. The monoisotopic (exact) mass is 433 g/mol. The van der Waals surface area contributed by atoms with Crippen molar-refractivity contribution in [2.45, 2.75) is 62.8 Å². The molecule has 6 nitrogen and oxygen atoms in total. The lowest BCUT2D eigenvalue weighted by atomic mass is 9.93. The maximum absolute atomic E-state index is 12.8. The number of hydrogen-bond acceptors (Lipinski definition) is 5. The van der Waals surface area contributed by atoms with Crippen LogP contribution in [-0.4, -0.2) is 36.7 Å². The molecule has 1 atom stereocenters. The molecular formula is C21H27N3O3S2. The first-order valence-electron chi connectivity index (χ1n) is 10.2. The van der Waals surface area contributed by atoms with Crippen LogP contribution in [0.25, 0.3) is 0 Å². The van der Waals surface area contributed by atoms with E-state index >= 15 is 0 Å². The number of hydrogen-bond donors (Lipinski definition) is 1. The highest BCUT2D eigenvalue weighted by molar-refractivity contribution is 7.89. The van der Waals surface area contributed by atoms with Crippen LogP contribution in [0.1, 0.15) is 60.0 Å². The molecule has 1 fully saturated rings. The molecule has 0 aliphatic heterocycles. The summed E-state index contributed by atoms with van der Waals surface area (Å²) in [5, 5.41) is 3.48. The van der Waals surface area contributed by atoms with Crippen molar-refractivity contribution in [1.29, 1.82) is 0 Å². The van der Waals surface area contributed by atoms with E-state index in [4.69, 9.17) is 0 Å². The van der Waals surface area contributed by atoms with Gasteiger partial charge in [-0.25, -0.2) is 13.4 Å². The van der Waals surface area contributed by atoms with E-state index in [0.717, 1.165) is 50.6 Å². The Morgan fingerprint density at radius 2 is 1.86 bits per heavy atom. The number of amides is 1. The van der Waals surface area contributed by atoms with Gasteiger partial charge in [-0.1, -0.05) is 19.8 Å². The Balaban J connectivity index is 1.45. The van der Waals surface area contributed by atoms with E-state index in [9.17, 15) is 13.2 Å². The topological polar surface area (TPSA) is 79.4 Å². The highest BCUT2D eigenvalue weighted by atomic mass is 32.2.